The molecule has 0 amide bonds. The Morgan fingerprint density at radius 3 is 2.79 bits per heavy atom. The summed E-state index contributed by atoms with van der Waals surface area (Å²) >= 11 is 6.11. The fourth-order valence-corrected chi connectivity index (χ4v) is 3.17. The molecule has 3 aromatic rings. The molecular weight excluding hydrogens is 399 g/mol. The Kier molecular flexibility index (Phi) is 6.48. The molecule has 0 radical (unpaired) electrons. The number of aryl methyl sites for hydroxylation is 1. The standard InChI is InChI=1S/C19H22ClFN6O2/c1-4-5-27(15-11-22-25-19(28)18(15)20)6-7-29-17-9-13(8-16(21)24-17)14-10-23-26(3)12(14)2/h8-11H,4-7H2,1-3H3,(H,25,28). The lowest BCUT2D eigenvalue weighted by molar-refractivity contribution is 0.306. The van der Waals surface area contributed by atoms with Crippen LogP contribution in [0.15, 0.2) is 29.3 Å². The highest BCUT2D eigenvalue weighted by Crippen LogP contribution is 2.26. The van der Waals surface area contributed by atoms with Crippen molar-refractivity contribution in [2.24, 2.45) is 7.05 Å². The zero-order chi connectivity index (χ0) is 21.0. The van der Waals surface area contributed by atoms with E-state index in [1.54, 1.807) is 16.9 Å². The van der Waals surface area contributed by atoms with Crippen molar-refractivity contribution in [3.8, 4) is 17.0 Å². The van der Waals surface area contributed by atoms with Crippen molar-refractivity contribution in [3.63, 3.8) is 0 Å². The van der Waals surface area contributed by atoms with Gasteiger partial charge < -0.3 is 9.64 Å². The summed E-state index contributed by atoms with van der Waals surface area (Å²) in [6.07, 6.45) is 4.02. The molecule has 0 fully saturated rings. The van der Waals surface area contributed by atoms with Crippen LogP contribution in [-0.2, 0) is 7.05 Å². The molecule has 0 bridgehead atoms. The maximum absolute atomic E-state index is 14.0. The molecule has 10 heteroatoms. The van der Waals surface area contributed by atoms with Crippen molar-refractivity contribution >= 4 is 17.3 Å². The molecule has 0 aliphatic heterocycles. The van der Waals surface area contributed by atoms with E-state index in [-0.39, 0.29) is 17.5 Å². The molecule has 3 rings (SSSR count). The molecule has 154 valence electrons. The van der Waals surface area contributed by atoms with Crippen molar-refractivity contribution in [2.75, 3.05) is 24.6 Å². The Morgan fingerprint density at radius 1 is 1.31 bits per heavy atom. The largest absolute Gasteiger partial charge is 0.476 e. The van der Waals surface area contributed by atoms with Gasteiger partial charge >= 0.3 is 0 Å². The average molecular weight is 421 g/mol. The van der Waals surface area contributed by atoms with Gasteiger partial charge in [-0.15, -0.1) is 0 Å². The molecule has 0 atom stereocenters. The van der Waals surface area contributed by atoms with Gasteiger partial charge in [0, 0.05) is 37.0 Å². The molecule has 8 nitrogen and oxygen atoms in total. The highest BCUT2D eigenvalue weighted by atomic mass is 35.5. The van der Waals surface area contributed by atoms with E-state index in [0.717, 1.165) is 17.7 Å². The number of anilines is 1. The fourth-order valence-electron chi connectivity index (χ4n) is 2.96. The Morgan fingerprint density at radius 2 is 2.10 bits per heavy atom. The van der Waals surface area contributed by atoms with E-state index in [9.17, 15) is 9.18 Å². The highest BCUT2D eigenvalue weighted by Gasteiger charge is 2.14. The van der Waals surface area contributed by atoms with Crippen LogP contribution in [0, 0.1) is 12.9 Å². The molecule has 0 aliphatic rings. The molecule has 1 N–H and O–H groups in total. The first kappa shape index (κ1) is 20.8. The normalized spacial score (nSPS) is 10.9. The first-order valence-electron chi connectivity index (χ1n) is 9.18. The summed E-state index contributed by atoms with van der Waals surface area (Å²) in [5, 5.41) is 10.4. The number of hydrogen-bond donors (Lipinski definition) is 1. The number of hydrogen-bond acceptors (Lipinski definition) is 6. The minimum absolute atomic E-state index is 0.0756. The number of pyridine rings is 1. The smallest absolute Gasteiger partial charge is 0.285 e. The van der Waals surface area contributed by atoms with Gasteiger partial charge in [0.25, 0.3) is 5.56 Å². The fraction of sp³-hybridized carbons (Fsp3) is 0.368. The molecule has 29 heavy (non-hydrogen) atoms. The second-order valence-electron chi connectivity index (χ2n) is 6.52. The van der Waals surface area contributed by atoms with Crippen LogP contribution in [-0.4, -0.2) is 44.7 Å². The summed E-state index contributed by atoms with van der Waals surface area (Å²) in [7, 11) is 1.82. The van der Waals surface area contributed by atoms with Crippen molar-refractivity contribution in [2.45, 2.75) is 20.3 Å². The van der Waals surface area contributed by atoms with Gasteiger partial charge in [0.2, 0.25) is 11.8 Å². The number of nitrogens with zero attached hydrogens (tertiary/aromatic N) is 5. The number of ether oxygens (including phenoxy) is 1. The van der Waals surface area contributed by atoms with Crippen molar-refractivity contribution in [3.05, 3.63) is 51.5 Å². The van der Waals surface area contributed by atoms with Gasteiger partial charge in [-0.2, -0.15) is 19.6 Å². The van der Waals surface area contributed by atoms with Gasteiger partial charge in [-0.05, 0) is 18.9 Å². The van der Waals surface area contributed by atoms with E-state index in [2.05, 4.69) is 20.3 Å². The minimum Gasteiger partial charge on any atom is -0.476 e. The first-order chi connectivity index (χ1) is 13.9. The van der Waals surface area contributed by atoms with Crippen LogP contribution in [0.2, 0.25) is 5.02 Å². The van der Waals surface area contributed by atoms with Crippen LogP contribution in [0.1, 0.15) is 19.0 Å². The summed E-state index contributed by atoms with van der Waals surface area (Å²) in [6, 6.07) is 3.03. The lowest BCUT2D eigenvalue weighted by atomic mass is 10.1. The summed E-state index contributed by atoms with van der Waals surface area (Å²) in [6.45, 7) is 5.23. The molecule has 0 spiro atoms. The Labute approximate surface area is 172 Å². The summed E-state index contributed by atoms with van der Waals surface area (Å²) < 4.78 is 21.4. The van der Waals surface area contributed by atoms with Crippen LogP contribution < -0.4 is 15.2 Å². The Balaban J connectivity index is 1.74. The van der Waals surface area contributed by atoms with Gasteiger partial charge in [-0.25, -0.2) is 5.10 Å². The van der Waals surface area contributed by atoms with Gasteiger partial charge in [-0.1, -0.05) is 18.5 Å². The third kappa shape index (κ3) is 4.73. The monoisotopic (exact) mass is 420 g/mol. The third-order valence-electron chi connectivity index (χ3n) is 4.54. The maximum atomic E-state index is 14.0. The quantitative estimate of drug-likeness (QED) is 0.563. The third-order valence-corrected chi connectivity index (χ3v) is 4.90. The predicted molar refractivity (Wildman–Crippen MR) is 109 cm³/mol. The topological polar surface area (TPSA) is 88.9 Å². The number of H-pyrrole nitrogens is 1. The molecule has 0 saturated carbocycles. The van der Waals surface area contributed by atoms with Crippen molar-refractivity contribution < 1.29 is 9.13 Å². The number of rotatable bonds is 8. The lowest BCUT2D eigenvalue weighted by Crippen LogP contribution is -2.31. The second kappa shape index (κ2) is 9.04. The van der Waals surface area contributed by atoms with E-state index in [0.29, 0.717) is 24.3 Å². The second-order valence-corrected chi connectivity index (χ2v) is 6.90. The van der Waals surface area contributed by atoms with E-state index < -0.39 is 11.5 Å². The maximum Gasteiger partial charge on any atom is 0.285 e. The zero-order valence-corrected chi connectivity index (χ0v) is 17.2. The molecule has 0 unspecified atom stereocenters. The molecular formula is C19H22ClFN6O2. The predicted octanol–water partition coefficient (Wildman–Crippen LogP) is 2.96. The van der Waals surface area contributed by atoms with Crippen LogP contribution in [0.25, 0.3) is 11.1 Å². The molecule has 0 aliphatic carbocycles. The zero-order valence-electron chi connectivity index (χ0n) is 16.4. The minimum atomic E-state index is -0.631. The summed E-state index contributed by atoms with van der Waals surface area (Å²) in [4.78, 5) is 17.4. The van der Waals surface area contributed by atoms with E-state index in [4.69, 9.17) is 16.3 Å². The average Bonchev–Trinajstić information content (AvgIpc) is 3.02. The molecule has 3 heterocycles. The van der Waals surface area contributed by atoms with Crippen LogP contribution in [0.4, 0.5) is 10.1 Å². The van der Waals surface area contributed by atoms with E-state index in [1.807, 2.05) is 25.8 Å². The van der Waals surface area contributed by atoms with Crippen molar-refractivity contribution in [1.82, 2.24) is 25.0 Å². The molecule has 0 saturated heterocycles. The van der Waals surface area contributed by atoms with Crippen molar-refractivity contribution in [1.29, 1.82) is 0 Å². The molecule has 3 aromatic heterocycles. The SMILES string of the molecule is CCCN(CCOc1cc(-c2cnn(C)c2C)cc(F)n1)c1cn[nH]c(=O)c1Cl. The van der Waals surface area contributed by atoms with E-state index in [1.165, 1.54) is 12.3 Å². The summed E-state index contributed by atoms with van der Waals surface area (Å²) in [5.74, 6) is -0.456. The lowest BCUT2D eigenvalue weighted by Gasteiger charge is -2.24. The Bertz CT molecular complexity index is 1050. The number of nitrogens with one attached hydrogen (secondary N) is 1. The number of aromatic nitrogens is 5. The summed E-state index contributed by atoms with van der Waals surface area (Å²) in [5.41, 5.74) is 2.44. The number of halogens is 2. The molecule has 0 aromatic carbocycles. The first-order valence-corrected chi connectivity index (χ1v) is 9.56. The highest BCUT2D eigenvalue weighted by molar-refractivity contribution is 6.32. The van der Waals surface area contributed by atoms with E-state index >= 15 is 0 Å². The van der Waals surface area contributed by atoms with Gasteiger partial charge in [0.05, 0.1) is 24.6 Å². The Hall–Kier alpha value is -2.94. The van der Waals surface area contributed by atoms with Crippen LogP contribution >= 0.6 is 11.6 Å². The van der Waals surface area contributed by atoms with Crippen LogP contribution in [0.3, 0.4) is 0 Å². The van der Waals surface area contributed by atoms with Gasteiger partial charge in [-0.3, -0.25) is 9.48 Å². The number of aromatic amines is 1. The van der Waals surface area contributed by atoms with Crippen LogP contribution in [0.5, 0.6) is 5.88 Å². The van der Waals surface area contributed by atoms with Gasteiger partial charge in [0.15, 0.2) is 0 Å². The van der Waals surface area contributed by atoms with Gasteiger partial charge in [0.1, 0.15) is 11.6 Å².